The largest absolute Gasteiger partial charge is 0.459 e. The highest BCUT2D eigenvalue weighted by atomic mass is 31.2. The number of hydrogen-bond acceptors (Lipinski definition) is 9. The summed E-state index contributed by atoms with van der Waals surface area (Å²) >= 11 is 0. The Morgan fingerprint density at radius 2 is 1.95 bits per heavy atom. The van der Waals surface area contributed by atoms with E-state index in [1.807, 2.05) is 0 Å². The number of nitrogens with zero attached hydrogens (tertiary/aromatic N) is 1. The number of hydrogen-bond donors (Lipinski definition) is 3. The number of H-pyrrole nitrogens is 1. The summed E-state index contributed by atoms with van der Waals surface area (Å²) in [7, 11) is -4.18. The molecule has 5 unspecified atom stereocenters. The summed E-state index contributed by atoms with van der Waals surface area (Å²) in [6.45, 7) is 6.24. The maximum atomic E-state index is 13.8. The van der Waals surface area contributed by atoms with Crippen molar-refractivity contribution in [2.75, 3.05) is 6.61 Å². The molecule has 12 nitrogen and oxygen atoms in total. The van der Waals surface area contributed by atoms with Crippen LogP contribution in [0.2, 0.25) is 0 Å². The SMILES string of the molecule is CC(NP(=O)(OCC1OC(n2ccc(=O)[nH]c2=O)C2(CC2)C1O)Oc1ccccc1)C(=O)OC(C)(C)C. The minimum absolute atomic E-state index is 0.235. The lowest BCUT2D eigenvalue weighted by Gasteiger charge is -2.26. The Morgan fingerprint density at radius 1 is 1.27 bits per heavy atom. The van der Waals surface area contributed by atoms with Crippen LogP contribution >= 0.6 is 7.75 Å². The van der Waals surface area contributed by atoms with E-state index in [0.717, 1.165) is 0 Å². The van der Waals surface area contributed by atoms with E-state index >= 15 is 0 Å². The predicted molar refractivity (Wildman–Crippen MR) is 132 cm³/mol. The number of aliphatic hydroxyl groups excluding tert-OH is 1. The Labute approximate surface area is 213 Å². The lowest BCUT2D eigenvalue weighted by Crippen LogP contribution is -2.39. The fourth-order valence-corrected chi connectivity index (χ4v) is 5.73. The molecule has 1 aliphatic carbocycles. The number of carbonyl (C=O) groups is 1. The van der Waals surface area contributed by atoms with E-state index in [9.17, 15) is 24.1 Å². The summed E-state index contributed by atoms with van der Waals surface area (Å²) in [4.78, 5) is 38.5. The number of nitrogens with one attached hydrogen (secondary N) is 2. The maximum absolute atomic E-state index is 13.8. The van der Waals surface area contributed by atoms with Crippen LogP contribution in [0, 0.1) is 5.41 Å². The molecule has 1 aliphatic heterocycles. The van der Waals surface area contributed by atoms with E-state index in [-0.39, 0.29) is 12.4 Å². The number of para-hydroxylation sites is 1. The topological polar surface area (TPSA) is 158 Å². The second kappa shape index (κ2) is 10.2. The molecule has 1 aromatic carbocycles. The minimum atomic E-state index is -4.18. The van der Waals surface area contributed by atoms with Gasteiger partial charge in [-0.3, -0.25) is 23.7 Å². The molecular formula is C24H32N3O9P. The molecule has 1 spiro atoms. The van der Waals surface area contributed by atoms with Gasteiger partial charge in [-0.25, -0.2) is 9.36 Å². The molecular weight excluding hydrogens is 505 g/mol. The number of carbonyl (C=O) groups excluding carboxylic acids is 1. The van der Waals surface area contributed by atoms with Crippen molar-refractivity contribution in [3.63, 3.8) is 0 Å². The zero-order valence-electron chi connectivity index (χ0n) is 21.1. The molecule has 1 saturated heterocycles. The fourth-order valence-electron chi connectivity index (χ4n) is 4.23. The van der Waals surface area contributed by atoms with Crippen LogP contribution in [0.5, 0.6) is 5.75 Å². The molecule has 2 aliphatic rings. The molecule has 13 heteroatoms. The van der Waals surface area contributed by atoms with Crippen molar-refractivity contribution < 1.29 is 33.0 Å². The van der Waals surface area contributed by atoms with Crippen LogP contribution in [-0.4, -0.2) is 51.1 Å². The molecule has 1 aromatic heterocycles. The van der Waals surface area contributed by atoms with Crippen LogP contribution in [0.1, 0.15) is 46.8 Å². The quantitative estimate of drug-likeness (QED) is 0.319. The number of aromatic nitrogens is 2. The molecule has 0 radical (unpaired) electrons. The van der Waals surface area contributed by atoms with Gasteiger partial charge in [0.25, 0.3) is 5.56 Å². The average molecular weight is 538 g/mol. The van der Waals surface area contributed by atoms with E-state index in [1.54, 1.807) is 51.1 Å². The third kappa shape index (κ3) is 6.22. The van der Waals surface area contributed by atoms with E-state index in [1.165, 1.54) is 23.8 Å². The van der Waals surface area contributed by atoms with Gasteiger partial charge in [-0.2, -0.15) is 5.09 Å². The number of aliphatic hydroxyl groups is 1. The van der Waals surface area contributed by atoms with Crippen LogP contribution in [0.4, 0.5) is 0 Å². The molecule has 37 heavy (non-hydrogen) atoms. The Bertz CT molecular complexity index is 1280. The van der Waals surface area contributed by atoms with Crippen molar-refractivity contribution in [2.45, 2.75) is 70.6 Å². The van der Waals surface area contributed by atoms with Crippen molar-refractivity contribution in [1.82, 2.24) is 14.6 Å². The maximum Gasteiger partial charge on any atom is 0.459 e. The molecule has 3 N–H and O–H groups in total. The third-order valence-corrected chi connectivity index (χ3v) is 7.80. The van der Waals surface area contributed by atoms with Crippen LogP contribution in [0.3, 0.4) is 0 Å². The molecule has 2 aromatic rings. The van der Waals surface area contributed by atoms with Gasteiger partial charge in [-0.15, -0.1) is 0 Å². The lowest BCUT2D eigenvalue weighted by molar-refractivity contribution is -0.156. The van der Waals surface area contributed by atoms with Crippen LogP contribution < -0.4 is 20.9 Å². The molecule has 2 fully saturated rings. The Morgan fingerprint density at radius 3 is 2.54 bits per heavy atom. The van der Waals surface area contributed by atoms with E-state index in [2.05, 4.69) is 10.1 Å². The molecule has 1 saturated carbocycles. The first kappa shape index (κ1) is 27.3. The van der Waals surface area contributed by atoms with E-state index in [4.69, 9.17) is 18.5 Å². The van der Waals surface area contributed by atoms with Crippen molar-refractivity contribution >= 4 is 13.7 Å². The van der Waals surface area contributed by atoms with E-state index < -0.39 is 60.5 Å². The van der Waals surface area contributed by atoms with Gasteiger partial charge in [-0.05, 0) is 52.7 Å². The number of aromatic amines is 1. The van der Waals surface area contributed by atoms with Gasteiger partial charge in [0, 0.05) is 17.7 Å². The standard InChI is InChI=1S/C24H32N3O9P/c1-15(20(30)35-23(2,3)4)26-37(32,36-16-8-6-5-7-9-16)33-14-17-19(29)24(11-12-24)21(34-17)27-13-10-18(28)25-22(27)31/h5-10,13,15,17,19,21,29H,11-12,14H2,1-4H3,(H,26,32)(H,25,28,31). The highest BCUT2D eigenvalue weighted by Crippen LogP contribution is 2.62. The minimum Gasteiger partial charge on any atom is -0.459 e. The zero-order valence-corrected chi connectivity index (χ0v) is 22.0. The summed E-state index contributed by atoms with van der Waals surface area (Å²) in [5.74, 6) is -0.418. The molecule has 2 heterocycles. The van der Waals surface area contributed by atoms with Gasteiger partial charge in [0.15, 0.2) is 0 Å². The lowest BCUT2D eigenvalue weighted by atomic mass is 9.96. The highest BCUT2D eigenvalue weighted by Gasteiger charge is 2.64. The zero-order chi connectivity index (χ0) is 27.0. The normalized spacial score (nSPS) is 24.8. The first-order valence-corrected chi connectivity index (χ1v) is 13.5. The van der Waals surface area contributed by atoms with Crippen molar-refractivity contribution in [2.24, 2.45) is 5.41 Å². The molecule has 202 valence electrons. The number of ether oxygens (including phenoxy) is 2. The first-order valence-electron chi connectivity index (χ1n) is 12.0. The van der Waals surface area contributed by atoms with Crippen LogP contribution in [0.15, 0.2) is 52.2 Å². The van der Waals surface area contributed by atoms with Crippen molar-refractivity contribution in [1.29, 1.82) is 0 Å². The summed E-state index contributed by atoms with van der Waals surface area (Å²) in [5, 5.41) is 13.6. The Balaban J connectivity index is 1.51. The predicted octanol–water partition coefficient (Wildman–Crippen LogP) is 2.10. The Hall–Kier alpha value is -2.76. The second-order valence-electron chi connectivity index (χ2n) is 10.3. The first-order chi connectivity index (χ1) is 17.3. The van der Waals surface area contributed by atoms with Gasteiger partial charge in [0.2, 0.25) is 0 Å². The molecule has 4 rings (SSSR count). The van der Waals surface area contributed by atoms with Gasteiger partial charge >= 0.3 is 19.4 Å². The van der Waals surface area contributed by atoms with Crippen LogP contribution in [-0.2, 0) is 23.4 Å². The van der Waals surface area contributed by atoms with Gasteiger partial charge < -0.3 is 19.1 Å². The summed E-state index contributed by atoms with van der Waals surface area (Å²) in [6, 6.07) is 8.43. The van der Waals surface area contributed by atoms with Crippen molar-refractivity contribution in [3.05, 3.63) is 63.4 Å². The Kier molecular flexibility index (Phi) is 7.51. The smallest absolute Gasteiger partial charge is 0.459 e. The molecule has 5 atom stereocenters. The fraction of sp³-hybridized carbons (Fsp3) is 0.542. The monoisotopic (exact) mass is 537 g/mol. The molecule has 0 bridgehead atoms. The average Bonchev–Trinajstić information content (AvgIpc) is 3.56. The number of rotatable bonds is 9. The number of benzene rings is 1. The van der Waals surface area contributed by atoms with Gasteiger partial charge in [-0.1, -0.05) is 18.2 Å². The van der Waals surface area contributed by atoms with E-state index in [0.29, 0.717) is 12.8 Å². The third-order valence-electron chi connectivity index (χ3n) is 6.16. The highest BCUT2D eigenvalue weighted by molar-refractivity contribution is 7.52. The second-order valence-corrected chi connectivity index (χ2v) is 12.0. The summed E-state index contributed by atoms with van der Waals surface area (Å²) in [5.41, 5.74) is -2.71. The molecule has 0 amide bonds. The van der Waals surface area contributed by atoms with Crippen LogP contribution in [0.25, 0.3) is 0 Å². The van der Waals surface area contributed by atoms with Gasteiger partial charge in [0.05, 0.1) is 12.7 Å². The van der Waals surface area contributed by atoms with Crippen molar-refractivity contribution in [3.8, 4) is 5.75 Å². The summed E-state index contributed by atoms with van der Waals surface area (Å²) in [6.07, 6.45) is -0.346. The number of esters is 1. The van der Waals surface area contributed by atoms with Gasteiger partial charge in [0.1, 0.15) is 29.7 Å². The summed E-state index contributed by atoms with van der Waals surface area (Å²) < 4.78 is 37.6.